The Morgan fingerprint density at radius 2 is 2.28 bits per heavy atom. The number of aliphatic hydroxyl groups excluding tert-OH is 1. The van der Waals surface area contributed by atoms with Crippen molar-refractivity contribution < 1.29 is 23.8 Å². The Bertz CT molecular complexity index is 985. The van der Waals surface area contributed by atoms with Crippen molar-refractivity contribution in [2.24, 2.45) is 0 Å². The van der Waals surface area contributed by atoms with Crippen LogP contribution in [-0.4, -0.2) is 57.6 Å². The molecule has 4 atom stereocenters. The minimum Gasteiger partial charge on any atom is -0.453 e. The normalized spacial score (nSPS) is 26.8. The molecule has 0 spiro atoms. The summed E-state index contributed by atoms with van der Waals surface area (Å²) in [5.41, 5.74) is -1.06. The molecule has 1 saturated heterocycles. The number of carbonyl (C=O) groups is 1. The molecule has 1 fully saturated rings. The van der Waals surface area contributed by atoms with Gasteiger partial charge in [0.05, 0.1) is 17.7 Å². The molecule has 3 heterocycles. The summed E-state index contributed by atoms with van der Waals surface area (Å²) in [7, 11) is 1.73. The molecule has 2 aliphatic heterocycles. The molecule has 156 valence electrons. The van der Waals surface area contributed by atoms with Gasteiger partial charge in [0.2, 0.25) is 0 Å². The Labute approximate surface area is 178 Å². The van der Waals surface area contributed by atoms with Crippen LogP contribution in [0.1, 0.15) is 18.2 Å². The highest BCUT2D eigenvalue weighted by Crippen LogP contribution is 2.33. The van der Waals surface area contributed by atoms with Gasteiger partial charge in [0.1, 0.15) is 6.10 Å². The van der Waals surface area contributed by atoms with Crippen LogP contribution in [-0.2, 0) is 14.3 Å². The molecule has 1 aromatic heterocycles. The van der Waals surface area contributed by atoms with Crippen LogP contribution in [0.5, 0.6) is 0 Å². The number of H-pyrrole nitrogens is 1. The summed E-state index contributed by atoms with van der Waals surface area (Å²) in [5, 5.41) is 9.56. The van der Waals surface area contributed by atoms with Gasteiger partial charge in [-0.2, -0.15) is 0 Å². The van der Waals surface area contributed by atoms with Gasteiger partial charge in [0.25, 0.3) is 5.56 Å². The summed E-state index contributed by atoms with van der Waals surface area (Å²) < 4.78 is 28.3. The van der Waals surface area contributed by atoms with Crippen LogP contribution in [0.25, 0.3) is 6.08 Å². The number of nitrogens with zero attached hydrogens (tertiary/aromatic N) is 2. The molecule has 2 aliphatic rings. The molecule has 0 aromatic carbocycles. The first kappa shape index (κ1) is 21.5. The van der Waals surface area contributed by atoms with Gasteiger partial charge in [-0.15, -0.1) is 0 Å². The third-order valence-corrected chi connectivity index (χ3v) is 4.86. The Kier molecular flexibility index (Phi) is 6.70. The molecule has 0 saturated carbocycles. The van der Waals surface area contributed by atoms with Crippen LogP contribution < -0.4 is 11.2 Å². The number of aromatic nitrogens is 2. The summed E-state index contributed by atoms with van der Waals surface area (Å²) in [5.74, 6) is -0.737. The second-order valence-electron chi connectivity index (χ2n) is 6.51. The number of aromatic amines is 1. The van der Waals surface area contributed by atoms with Crippen LogP contribution in [0.4, 0.5) is 4.39 Å². The number of nitrogens with one attached hydrogen (secondary N) is 1. The fourth-order valence-corrected chi connectivity index (χ4v) is 3.49. The third-order valence-electron chi connectivity index (χ3n) is 4.50. The van der Waals surface area contributed by atoms with Crippen molar-refractivity contribution >= 4 is 34.6 Å². The first-order valence-electron chi connectivity index (χ1n) is 8.68. The van der Waals surface area contributed by atoms with E-state index in [9.17, 15) is 19.5 Å². The molecule has 2 N–H and O–H groups in total. The molecule has 4 unspecified atom stereocenters. The molecule has 0 radical (unpaired) electrons. The maximum atomic E-state index is 15.1. The summed E-state index contributed by atoms with van der Waals surface area (Å²) in [4.78, 5) is 40.2. The van der Waals surface area contributed by atoms with Crippen molar-refractivity contribution in [1.82, 2.24) is 14.5 Å². The average molecular weight is 523 g/mol. The minimum atomic E-state index is -1.94. The van der Waals surface area contributed by atoms with E-state index < -0.39 is 48.4 Å². The molecule has 29 heavy (non-hydrogen) atoms. The van der Waals surface area contributed by atoms with E-state index in [2.05, 4.69) is 4.98 Å². The molecule has 0 aliphatic carbocycles. The van der Waals surface area contributed by atoms with Crippen molar-refractivity contribution in [2.45, 2.75) is 31.0 Å². The monoisotopic (exact) mass is 523 g/mol. The van der Waals surface area contributed by atoms with Crippen molar-refractivity contribution in [3.05, 3.63) is 60.7 Å². The van der Waals surface area contributed by atoms with E-state index in [0.29, 0.717) is 12.0 Å². The fraction of sp³-hybridized carbons (Fsp3) is 0.389. The lowest BCUT2D eigenvalue weighted by Gasteiger charge is -2.21. The first-order valence-corrected chi connectivity index (χ1v) is 9.93. The van der Waals surface area contributed by atoms with Gasteiger partial charge in [0, 0.05) is 25.9 Å². The predicted octanol–water partition coefficient (Wildman–Crippen LogP) is 0.815. The first-order chi connectivity index (χ1) is 13.8. The molecule has 0 amide bonds. The Balaban J connectivity index is 1.86. The SMILES string of the molecule is CN1C=CCC(C(=O)OC2C(CO)OC(n3cc(/C=C/[131I])c(=O)[nH]c3=O)C2F)=C1. The number of ether oxygens (including phenoxy) is 2. The quantitative estimate of drug-likeness (QED) is 0.434. The van der Waals surface area contributed by atoms with Crippen molar-refractivity contribution in [1.29, 1.82) is 0 Å². The number of halogens is 2. The number of aliphatic hydroxyl groups is 1. The Morgan fingerprint density at radius 3 is 2.93 bits per heavy atom. The zero-order valence-corrected chi connectivity index (χ0v) is 17.5. The lowest BCUT2D eigenvalue weighted by atomic mass is 10.1. The molecule has 11 heteroatoms. The Hall–Kier alpha value is -2.25. The molecular weight excluding hydrogens is 504 g/mol. The standard InChI is InChI=1S/C18H19FIN3O6/c1-22-6-2-3-11(7-22)17(26)29-14-12(9-24)28-16(13(14)19)23-8-10(4-5-20)15(25)21-18(23)27/h2,4-8,12-14,16,24H,3,9H2,1H3,(H,21,25,27)/b5-4+/i20+4. The minimum absolute atomic E-state index is 0.123. The number of carbonyl (C=O) groups excluding carboxylic acids is 1. The lowest BCUT2D eigenvalue weighted by molar-refractivity contribution is -0.150. The third kappa shape index (κ3) is 4.51. The van der Waals surface area contributed by atoms with E-state index >= 15 is 4.39 Å². The molecule has 3 rings (SSSR count). The van der Waals surface area contributed by atoms with Gasteiger partial charge in [-0.05, 0) is 16.4 Å². The summed E-state index contributed by atoms with van der Waals surface area (Å²) in [6.07, 6.45) is 2.02. The lowest BCUT2D eigenvalue weighted by Crippen LogP contribution is -2.38. The maximum absolute atomic E-state index is 15.1. The predicted molar refractivity (Wildman–Crippen MR) is 110 cm³/mol. The van der Waals surface area contributed by atoms with Crippen LogP contribution in [0, 0.1) is 0 Å². The molecule has 0 bridgehead atoms. The fourth-order valence-electron chi connectivity index (χ4n) is 3.11. The van der Waals surface area contributed by atoms with Crippen molar-refractivity contribution in [3.63, 3.8) is 0 Å². The largest absolute Gasteiger partial charge is 0.453 e. The van der Waals surface area contributed by atoms with Gasteiger partial charge in [-0.3, -0.25) is 14.3 Å². The summed E-state index contributed by atoms with van der Waals surface area (Å²) in [6.45, 7) is -0.619. The van der Waals surface area contributed by atoms with E-state index in [4.69, 9.17) is 9.47 Å². The van der Waals surface area contributed by atoms with Crippen molar-refractivity contribution in [2.75, 3.05) is 13.7 Å². The Morgan fingerprint density at radius 1 is 1.52 bits per heavy atom. The maximum Gasteiger partial charge on any atom is 0.336 e. The highest BCUT2D eigenvalue weighted by Gasteiger charge is 2.49. The smallest absolute Gasteiger partial charge is 0.336 e. The molecule has 9 nitrogen and oxygen atoms in total. The highest BCUT2D eigenvalue weighted by molar-refractivity contribution is 14.1. The van der Waals surface area contributed by atoms with Crippen LogP contribution in [0.15, 0.2) is 43.9 Å². The number of esters is 1. The topological polar surface area (TPSA) is 114 Å². The summed E-state index contributed by atoms with van der Waals surface area (Å²) in [6, 6.07) is 0. The van der Waals surface area contributed by atoms with Crippen molar-refractivity contribution in [3.8, 4) is 0 Å². The average Bonchev–Trinajstić information content (AvgIpc) is 2.99. The number of rotatable bonds is 5. The van der Waals surface area contributed by atoms with E-state index in [0.717, 1.165) is 10.8 Å². The molecular formula is C18H19FIN3O6. The van der Waals surface area contributed by atoms with Crippen LogP contribution in [0.2, 0.25) is 0 Å². The zero-order valence-electron chi connectivity index (χ0n) is 15.3. The highest BCUT2D eigenvalue weighted by atomic mass is 131. The number of allylic oxidation sites excluding steroid dienone is 1. The summed E-state index contributed by atoms with van der Waals surface area (Å²) >= 11 is 1.90. The van der Waals surface area contributed by atoms with Crippen LogP contribution in [0.3, 0.4) is 0 Å². The second kappa shape index (κ2) is 9.05. The number of hydrogen-bond donors (Lipinski definition) is 2. The van der Waals surface area contributed by atoms with E-state index in [1.54, 1.807) is 34.5 Å². The van der Waals surface area contributed by atoms with Crippen LogP contribution >= 0.6 is 22.6 Å². The van der Waals surface area contributed by atoms with Gasteiger partial charge in [-0.1, -0.05) is 28.7 Å². The van der Waals surface area contributed by atoms with Gasteiger partial charge in [-0.25, -0.2) is 14.0 Å². The molecule has 1 aromatic rings. The number of hydrogen-bond acceptors (Lipinski definition) is 7. The zero-order chi connectivity index (χ0) is 21.1. The van der Waals surface area contributed by atoms with E-state index in [1.165, 1.54) is 6.08 Å². The number of alkyl halides is 1. The van der Waals surface area contributed by atoms with Gasteiger partial charge < -0.3 is 19.5 Å². The van der Waals surface area contributed by atoms with Gasteiger partial charge in [0.15, 0.2) is 18.5 Å². The van der Waals surface area contributed by atoms with E-state index in [-0.39, 0.29) is 5.56 Å². The van der Waals surface area contributed by atoms with Gasteiger partial charge >= 0.3 is 11.7 Å². The van der Waals surface area contributed by atoms with E-state index in [1.807, 2.05) is 22.6 Å². The second-order valence-corrected chi connectivity index (χ2v) is 7.23.